The number of ether oxygens (including phenoxy) is 1. The highest BCUT2D eigenvalue weighted by molar-refractivity contribution is 5.96. The molecular formula is C25H22N4O. The van der Waals surface area contributed by atoms with Crippen LogP contribution in [0.5, 0.6) is 0 Å². The van der Waals surface area contributed by atoms with Crippen LogP contribution >= 0.6 is 0 Å². The average Bonchev–Trinajstić information content (AvgIpc) is 3.25. The molecule has 0 unspecified atom stereocenters. The number of aryl methyl sites for hydroxylation is 1. The first-order valence-corrected chi connectivity index (χ1v) is 10.1. The Hall–Kier alpha value is -3.62. The van der Waals surface area contributed by atoms with Crippen molar-refractivity contribution in [3.05, 3.63) is 71.9 Å². The van der Waals surface area contributed by atoms with E-state index in [0.29, 0.717) is 5.56 Å². The number of fused-ring (bicyclic) bond motifs is 1. The number of benzene rings is 2. The Morgan fingerprint density at radius 2 is 1.77 bits per heavy atom. The number of nitriles is 1. The number of pyridine rings is 1. The monoisotopic (exact) mass is 394 g/mol. The molecule has 1 aliphatic heterocycles. The number of hydrogen-bond donors (Lipinski definition) is 1. The molecule has 0 spiro atoms. The van der Waals surface area contributed by atoms with E-state index in [1.165, 1.54) is 5.69 Å². The summed E-state index contributed by atoms with van der Waals surface area (Å²) in [5.41, 5.74) is 8.01. The van der Waals surface area contributed by atoms with Gasteiger partial charge < -0.3 is 14.6 Å². The fourth-order valence-electron chi connectivity index (χ4n) is 4.02. The molecule has 0 radical (unpaired) electrons. The van der Waals surface area contributed by atoms with Gasteiger partial charge in [0.15, 0.2) is 0 Å². The van der Waals surface area contributed by atoms with Crippen molar-refractivity contribution in [3.63, 3.8) is 0 Å². The summed E-state index contributed by atoms with van der Waals surface area (Å²) in [4.78, 5) is 10.3. The number of hydrogen-bond acceptors (Lipinski definition) is 4. The lowest BCUT2D eigenvalue weighted by atomic mass is 9.99. The third-order valence-electron chi connectivity index (χ3n) is 5.76. The molecule has 0 amide bonds. The zero-order chi connectivity index (χ0) is 20.5. The molecular weight excluding hydrogens is 372 g/mol. The maximum Gasteiger partial charge on any atom is 0.138 e. The zero-order valence-electron chi connectivity index (χ0n) is 16.9. The predicted octanol–water partition coefficient (Wildman–Crippen LogP) is 4.91. The second kappa shape index (κ2) is 7.66. The highest BCUT2D eigenvalue weighted by Crippen LogP contribution is 2.32. The maximum absolute atomic E-state index is 9.39. The van der Waals surface area contributed by atoms with E-state index >= 15 is 0 Å². The van der Waals surface area contributed by atoms with Crippen molar-refractivity contribution in [1.82, 2.24) is 9.97 Å². The molecule has 5 nitrogen and oxygen atoms in total. The Morgan fingerprint density at radius 1 is 1.00 bits per heavy atom. The molecule has 5 rings (SSSR count). The van der Waals surface area contributed by atoms with Crippen molar-refractivity contribution < 1.29 is 4.74 Å². The molecule has 5 heteroatoms. The molecule has 2 aromatic heterocycles. The van der Waals surface area contributed by atoms with Crippen LogP contribution < -0.4 is 4.90 Å². The van der Waals surface area contributed by atoms with Crippen molar-refractivity contribution in [2.75, 3.05) is 31.2 Å². The highest BCUT2D eigenvalue weighted by atomic mass is 16.5. The molecule has 4 aromatic rings. The predicted molar refractivity (Wildman–Crippen MR) is 119 cm³/mol. The number of anilines is 1. The minimum Gasteiger partial charge on any atom is -0.378 e. The first-order chi connectivity index (χ1) is 14.7. The van der Waals surface area contributed by atoms with Crippen LogP contribution in [0.25, 0.3) is 33.4 Å². The fraction of sp³-hybridized carbons (Fsp3) is 0.200. The molecule has 0 bridgehead atoms. The Balaban J connectivity index is 1.51. The molecule has 0 saturated carbocycles. The standard InChI is InChI=1S/C25H22N4O/c1-17-2-3-19(14-20(17)16-26)22-8-9-27-25-23(22)15-24(28-25)18-4-6-21(7-5-18)29-10-12-30-13-11-29/h2-9,14-15H,10-13H2,1H3,(H,27,28). The molecule has 2 aromatic carbocycles. The molecule has 1 aliphatic rings. The van der Waals surface area contributed by atoms with Gasteiger partial charge in [0.1, 0.15) is 5.65 Å². The summed E-state index contributed by atoms with van der Waals surface area (Å²) < 4.78 is 5.45. The Labute approximate surface area is 175 Å². The van der Waals surface area contributed by atoms with E-state index in [2.05, 4.69) is 57.3 Å². The lowest BCUT2D eigenvalue weighted by molar-refractivity contribution is 0.122. The van der Waals surface area contributed by atoms with E-state index in [4.69, 9.17) is 4.74 Å². The summed E-state index contributed by atoms with van der Waals surface area (Å²) >= 11 is 0. The number of aromatic nitrogens is 2. The lowest BCUT2D eigenvalue weighted by Crippen LogP contribution is -2.36. The minimum atomic E-state index is 0.701. The van der Waals surface area contributed by atoms with Gasteiger partial charge in [-0.3, -0.25) is 0 Å². The summed E-state index contributed by atoms with van der Waals surface area (Å²) in [6.45, 7) is 5.38. The minimum absolute atomic E-state index is 0.701. The fourth-order valence-corrected chi connectivity index (χ4v) is 4.02. The van der Waals surface area contributed by atoms with Crippen LogP contribution in [-0.2, 0) is 4.74 Å². The molecule has 0 aliphatic carbocycles. The van der Waals surface area contributed by atoms with Crippen molar-refractivity contribution >= 4 is 16.7 Å². The van der Waals surface area contributed by atoms with E-state index in [-0.39, 0.29) is 0 Å². The molecule has 1 N–H and O–H groups in total. The summed E-state index contributed by atoms with van der Waals surface area (Å²) in [5, 5.41) is 10.4. The average molecular weight is 394 g/mol. The van der Waals surface area contributed by atoms with Crippen molar-refractivity contribution in [2.45, 2.75) is 6.92 Å². The number of H-pyrrole nitrogens is 1. The Morgan fingerprint density at radius 3 is 2.53 bits per heavy atom. The molecule has 1 fully saturated rings. The first-order valence-electron chi connectivity index (χ1n) is 10.1. The van der Waals surface area contributed by atoms with Gasteiger partial charge in [0.25, 0.3) is 0 Å². The quantitative estimate of drug-likeness (QED) is 0.536. The van der Waals surface area contributed by atoms with Crippen LogP contribution in [0.3, 0.4) is 0 Å². The van der Waals surface area contributed by atoms with Gasteiger partial charge in [-0.05, 0) is 59.5 Å². The second-order valence-corrected chi connectivity index (χ2v) is 7.59. The van der Waals surface area contributed by atoms with Gasteiger partial charge in [-0.1, -0.05) is 24.3 Å². The van der Waals surface area contributed by atoms with Crippen LogP contribution in [0.4, 0.5) is 5.69 Å². The van der Waals surface area contributed by atoms with E-state index < -0.39 is 0 Å². The number of nitrogens with one attached hydrogen (secondary N) is 1. The number of nitrogens with zero attached hydrogens (tertiary/aromatic N) is 3. The summed E-state index contributed by atoms with van der Waals surface area (Å²) in [6.07, 6.45) is 1.81. The summed E-state index contributed by atoms with van der Waals surface area (Å²) in [7, 11) is 0. The highest BCUT2D eigenvalue weighted by Gasteiger charge is 2.13. The topological polar surface area (TPSA) is 64.9 Å². The molecule has 148 valence electrons. The Kier molecular flexibility index (Phi) is 4.70. The number of rotatable bonds is 3. The van der Waals surface area contributed by atoms with Crippen LogP contribution in [-0.4, -0.2) is 36.3 Å². The molecule has 0 atom stereocenters. The maximum atomic E-state index is 9.39. The van der Waals surface area contributed by atoms with Gasteiger partial charge in [-0.25, -0.2) is 4.98 Å². The summed E-state index contributed by atoms with van der Waals surface area (Å²) in [6, 6.07) is 21.1. The molecule has 3 heterocycles. The zero-order valence-corrected chi connectivity index (χ0v) is 16.9. The third-order valence-corrected chi connectivity index (χ3v) is 5.76. The normalized spacial score (nSPS) is 14.1. The third kappa shape index (κ3) is 3.32. The first kappa shape index (κ1) is 18.4. The van der Waals surface area contributed by atoms with Crippen LogP contribution in [0, 0.1) is 18.3 Å². The van der Waals surface area contributed by atoms with Gasteiger partial charge in [-0.2, -0.15) is 5.26 Å². The Bertz CT molecular complexity index is 1240. The van der Waals surface area contributed by atoms with E-state index in [0.717, 1.165) is 65.3 Å². The second-order valence-electron chi connectivity index (χ2n) is 7.59. The van der Waals surface area contributed by atoms with E-state index in [9.17, 15) is 5.26 Å². The summed E-state index contributed by atoms with van der Waals surface area (Å²) in [5.74, 6) is 0. The van der Waals surface area contributed by atoms with Crippen LogP contribution in [0.15, 0.2) is 60.8 Å². The van der Waals surface area contributed by atoms with Gasteiger partial charge in [0.2, 0.25) is 0 Å². The van der Waals surface area contributed by atoms with Crippen molar-refractivity contribution in [3.8, 4) is 28.5 Å². The van der Waals surface area contributed by atoms with Gasteiger partial charge in [0, 0.05) is 36.1 Å². The van der Waals surface area contributed by atoms with Crippen molar-refractivity contribution in [1.29, 1.82) is 5.26 Å². The van der Waals surface area contributed by atoms with E-state index in [1.54, 1.807) is 0 Å². The molecule has 1 saturated heterocycles. The molecule has 30 heavy (non-hydrogen) atoms. The van der Waals surface area contributed by atoms with Crippen LogP contribution in [0.1, 0.15) is 11.1 Å². The van der Waals surface area contributed by atoms with Gasteiger partial charge >= 0.3 is 0 Å². The SMILES string of the molecule is Cc1ccc(-c2ccnc3[nH]c(-c4ccc(N5CCOCC5)cc4)cc23)cc1C#N. The smallest absolute Gasteiger partial charge is 0.138 e. The van der Waals surface area contributed by atoms with Crippen molar-refractivity contribution in [2.24, 2.45) is 0 Å². The van der Waals surface area contributed by atoms with Gasteiger partial charge in [0.05, 0.1) is 24.8 Å². The van der Waals surface area contributed by atoms with E-state index in [1.807, 2.05) is 31.3 Å². The van der Waals surface area contributed by atoms with Crippen LogP contribution in [0.2, 0.25) is 0 Å². The van der Waals surface area contributed by atoms with Gasteiger partial charge in [-0.15, -0.1) is 0 Å². The number of morpholine rings is 1. The lowest BCUT2D eigenvalue weighted by Gasteiger charge is -2.28. The number of aromatic amines is 1. The largest absolute Gasteiger partial charge is 0.378 e.